The molecule has 0 atom stereocenters. The van der Waals surface area contributed by atoms with Crippen LogP contribution in [0.15, 0.2) is 5.51 Å². The largest absolute Gasteiger partial charge is 0.249 e. The van der Waals surface area contributed by atoms with Crippen molar-refractivity contribution in [2.75, 3.05) is 0 Å². The third kappa shape index (κ3) is 0.892. The Morgan fingerprint density at radius 2 is 2.50 bits per heavy atom. The molecule has 1 rings (SSSR count). The van der Waals surface area contributed by atoms with Crippen LogP contribution in [0.25, 0.3) is 0 Å². The molecule has 0 unspecified atom stereocenters. The van der Waals surface area contributed by atoms with E-state index in [-0.39, 0.29) is 0 Å². The molecule has 0 aliphatic rings. The van der Waals surface area contributed by atoms with E-state index < -0.39 is 0 Å². The molecule has 44 valence electrons. The van der Waals surface area contributed by atoms with Gasteiger partial charge < -0.3 is 0 Å². The molecule has 0 bridgehead atoms. The molecule has 0 saturated heterocycles. The lowest BCUT2D eigenvalue weighted by Gasteiger charge is -1.85. The van der Waals surface area contributed by atoms with Gasteiger partial charge in [-0.15, -0.1) is 11.3 Å². The van der Waals surface area contributed by atoms with Crippen LogP contribution < -0.4 is 0 Å². The molecule has 1 nitrogen and oxygen atoms in total. The van der Waals surface area contributed by atoms with Gasteiger partial charge in [-0.3, -0.25) is 0 Å². The van der Waals surface area contributed by atoms with E-state index in [1.807, 2.05) is 5.51 Å². The molecule has 8 heavy (non-hydrogen) atoms. The van der Waals surface area contributed by atoms with Crippen LogP contribution in [0.3, 0.4) is 0 Å². The first kappa shape index (κ1) is 5.76. The molecular formula is C6H9NS. The zero-order chi connectivity index (χ0) is 5.98. The van der Waals surface area contributed by atoms with Gasteiger partial charge in [-0.2, -0.15) is 0 Å². The highest BCUT2D eigenvalue weighted by atomic mass is 32.1. The topological polar surface area (TPSA) is 12.9 Å². The van der Waals surface area contributed by atoms with E-state index in [1.165, 1.54) is 10.6 Å². The van der Waals surface area contributed by atoms with Crippen LogP contribution in [-0.2, 0) is 6.42 Å². The van der Waals surface area contributed by atoms with E-state index in [0.717, 1.165) is 6.42 Å². The summed E-state index contributed by atoms with van der Waals surface area (Å²) in [6.07, 6.45) is 1.06. The van der Waals surface area contributed by atoms with E-state index in [1.54, 1.807) is 11.3 Å². The van der Waals surface area contributed by atoms with Crippen LogP contribution in [0.2, 0.25) is 0 Å². The van der Waals surface area contributed by atoms with E-state index in [9.17, 15) is 0 Å². The fraction of sp³-hybridized carbons (Fsp3) is 0.500. The molecule has 0 aliphatic carbocycles. The number of hydrogen-bond acceptors (Lipinski definition) is 2. The Balaban J connectivity index is 2.92. The monoisotopic (exact) mass is 127 g/mol. The van der Waals surface area contributed by atoms with Crippen molar-refractivity contribution in [1.29, 1.82) is 0 Å². The Hall–Kier alpha value is -0.370. The highest BCUT2D eigenvalue weighted by Gasteiger charge is 1.94. The van der Waals surface area contributed by atoms with Gasteiger partial charge in [-0.05, 0) is 13.3 Å². The average molecular weight is 127 g/mol. The Morgan fingerprint density at radius 1 is 1.75 bits per heavy atom. The lowest BCUT2D eigenvalue weighted by molar-refractivity contribution is 1.04. The van der Waals surface area contributed by atoms with E-state index in [2.05, 4.69) is 18.8 Å². The molecule has 0 N–H and O–H groups in total. The van der Waals surface area contributed by atoms with Crippen LogP contribution in [0, 0.1) is 6.92 Å². The van der Waals surface area contributed by atoms with Crippen LogP contribution in [0.4, 0.5) is 0 Å². The van der Waals surface area contributed by atoms with Gasteiger partial charge >= 0.3 is 0 Å². The predicted molar refractivity (Wildman–Crippen MR) is 36.2 cm³/mol. The highest BCUT2D eigenvalue weighted by Crippen LogP contribution is 2.10. The number of hydrogen-bond donors (Lipinski definition) is 0. The van der Waals surface area contributed by atoms with Crippen molar-refractivity contribution in [3.8, 4) is 0 Å². The van der Waals surface area contributed by atoms with Crippen molar-refractivity contribution in [1.82, 2.24) is 4.98 Å². The van der Waals surface area contributed by atoms with Gasteiger partial charge in [0.25, 0.3) is 0 Å². The molecule has 0 spiro atoms. The maximum absolute atomic E-state index is 4.15. The molecule has 0 aliphatic heterocycles. The summed E-state index contributed by atoms with van der Waals surface area (Å²) in [7, 11) is 0. The third-order valence-electron chi connectivity index (χ3n) is 1.18. The maximum Gasteiger partial charge on any atom is 0.0797 e. The SMILES string of the molecule is CCc1ncsc1C. The summed E-state index contributed by atoms with van der Waals surface area (Å²) in [5.74, 6) is 0. The van der Waals surface area contributed by atoms with Crippen molar-refractivity contribution in [2.45, 2.75) is 20.3 Å². The number of aromatic nitrogens is 1. The molecule has 0 saturated carbocycles. The zero-order valence-corrected chi connectivity index (χ0v) is 5.96. The second-order valence-corrected chi connectivity index (χ2v) is 2.77. The number of nitrogens with zero attached hydrogens (tertiary/aromatic N) is 1. The zero-order valence-electron chi connectivity index (χ0n) is 5.14. The van der Waals surface area contributed by atoms with Gasteiger partial charge in [0.05, 0.1) is 11.2 Å². The van der Waals surface area contributed by atoms with Gasteiger partial charge in [0.2, 0.25) is 0 Å². The van der Waals surface area contributed by atoms with Crippen LogP contribution in [-0.4, -0.2) is 4.98 Å². The lowest BCUT2D eigenvalue weighted by Crippen LogP contribution is -1.79. The Morgan fingerprint density at radius 3 is 2.75 bits per heavy atom. The smallest absolute Gasteiger partial charge is 0.0797 e. The molecule has 0 radical (unpaired) electrons. The van der Waals surface area contributed by atoms with Crippen molar-refractivity contribution in [3.05, 3.63) is 16.1 Å². The summed E-state index contributed by atoms with van der Waals surface area (Å²) in [6.45, 7) is 4.23. The number of rotatable bonds is 1. The first-order valence-corrected chi connectivity index (χ1v) is 3.61. The van der Waals surface area contributed by atoms with E-state index in [0.29, 0.717) is 0 Å². The minimum Gasteiger partial charge on any atom is -0.249 e. The highest BCUT2D eigenvalue weighted by molar-refractivity contribution is 7.09. The maximum atomic E-state index is 4.15. The fourth-order valence-corrected chi connectivity index (χ4v) is 1.34. The lowest BCUT2D eigenvalue weighted by atomic mass is 10.3. The van der Waals surface area contributed by atoms with Gasteiger partial charge in [0.1, 0.15) is 0 Å². The number of aryl methyl sites for hydroxylation is 2. The van der Waals surface area contributed by atoms with E-state index >= 15 is 0 Å². The molecule has 0 fully saturated rings. The van der Waals surface area contributed by atoms with Gasteiger partial charge in [-0.25, -0.2) is 4.98 Å². The van der Waals surface area contributed by atoms with Crippen molar-refractivity contribution >= 4 is 11.3 Å². The second kappa shape index (κ2) is 2.27. The normalized spacial score (nSPS) is 9.75. The van der Waals surface area contributed by atoms with Crippen molar-refractivity contribution in [2.24, 2.45) is 0 Å². The Bertz CT molecular complexity index is 169. The molecule has 0 aromatic carbocycles. The third-order valence-corrected chi connectivity index (χ3v) is 1.98. The van der Waals surface area contributed by atoms with Crippen LogP contribution in [0.1, 0.15) is 17.5 Å². The molecule has 1 aromatic rings. The quantitative estimate of drug-likeness (QED) is 0.562. The summed E-state index contributed by atoms with van der Waals surface area (Å²) in [5, 5.41) is 0. The Labute approximate surface area is 53.4 Å². The van der Waals surface area contributed by atoms with Gasteiger partial charge in [0.15, 0.2) is 0 Å². The summed E-state index contributed by atoms with van der Waals surface area (Å²) < 4.78 is 0. The predicted octanol–water partition coefficient (Wildman–Crippen LogP) is 2.01. The fourth-order valence-electron chi connectivity index (χ4n) is 0.668. The first-order valence-electron chi connectivity index (χ1n) is 2.73. The molecule has 1 aromatic heterocycles. The van der Waals surface area contributed by atoms with Gasteiger partial charge in [-0.1, -0.05) is 6.92 Å². The Kier molecular flexibility index (Phi) is 1.63. The number of thiazole rings is 1. The summed E-state index contributed by atoms with van der Waals surface area (Å²) in [5.41, 5.74) is 3.14. The van der Waals surface area contributed by atoms with Crippen LogP contribution in [0.5, 0.6) is 0 Å². The van der Waals surface area contributed by atoms with Crippen LogP contribution >= 0.6 is 11.3 Å². The first-order chi connectivity index (χ1) is 3.84. The van der Waals surface area contributed by atoms with Crippen molar-refractivity contribution < 1.29 is 0 Å². The van der Waals surface area contributed by atoms with Crippen molar-refractivity contribution in [3.63, 3.8) is 0 Å². The molecular weight excluding hydrogens is 118 g/mol. The minimum atomic E-state index is 1.06. The molecule has 0 amide bonds. The van der Waals surface area contributed by atoms with E-state index in [4.69, 9.17) is 0 Å². The summed E-state index contributed by atoms with van der Waals surface area (Å²) in [6, 6.07) is 0. The molecule has 1 heterocycles. The standard InChI is InChI=1S/C6H9NS/c1-3-6-5(2)8-4-7-6/h4H,3H2,1-2H3. The average Bonchev–Trinajstić information content (AvgIpc) is 2.14. The molecule has 2 heteroatoms. The summed E-state index contributed by atoms with van der Waals surface area (Å²) in [4.78, 5) is 5.51. The summed E-state index contributed by atoms with van der Waals surface area (Å²) >= 11 is 1.72. The minimum absolute atomic E-state index is 1.06. The van der Waals surface area contributed by atoms with Gasteiger partial charge in [0, 0.05) is 4.88 Å². The second-order valence-electron chi connectivity index (χ2n) is 1.71.